The zero-order valence-corrected chi connectivity index (χ0v) is 11.8. The molecule has 0 unspecified atom stereocenters. The molecule has 1 heterocycles. The van der Waals surface area contributed by atoms with Crippen LogP contribution in [0.25, 0.3) is 10.9 Å². The van der Waals surface area contributed by atoms with E-state index in [0.717, 1.165) is 24.1 Å². The molecule has 1 saturated carbocycles. The van der Waals surface area contributed by atoms with E-state index in [9.17, 15) is 0 Å². The van der Waals surface area contributed by atoms with Crippen molar-refractivity contribution in [3.05, 3.63) is 29.5 Å². The molecule has 1 aromatic carbocycles. The number of hydrogen-bond acceptors (Lipinski definition) is 2. The topological polar surface area (TPSA) is 51.0 Å². The molecule has 0 aliphatic heterocycles. The van der Waals surface area contributed by atoms with E-state index >= 15 is 0 Å². The van der Waals surface area contributed by atoms with E-state index in [1.165, 1.54) is 35.9 Å². The van der Waals surface area contributed by atoms with E-state index in [1.807, 2.05) is 6.07 Å². The quantitative estimate of drug-likeness (QED) is 0.864. The van der Waals surface area contributed by atoms with Gasteiger partial charge in [0.15, 0.2) is 0 Å². The number of fused-ring (bicyclic) bond motifs is 1. The van der Waals surface area contributed by atoms with Crippen LogP contribution < -0.4 is 10.5 Å². The molecule has 0 amide bonds. The molecule has 0 spiro atoms. The number of benzene rings is 1. The lowest BCUT2D eigenvalue weighted by Gasteiger charge is -2.33. The van der Waals surface area contributed by atoms with Crippen molar-refractivity contribution < 1.29 is 4.74 Å². The van der Waals surface area contributed by atoms with Gasteiger partial charge < -0.3 is 15.5 Å². The number of aryl methyl sites for hydroxylation is 1. The Morgan fingerprint density at radius 3 is 2.63 bits per heavy atom. The Kier molecular flexibility index (Phi) is 3.02. The van der Waals surface area contributed by atoms with Gasteiger partial charge in [0.25, 0.3) is 0 Å². The van der Waals surface area contributed by atoms with Gasteiger partial charge in [-0.05, 0) is 43.5 Å². The highest BCUT2D eigenvalue weighted by molar-refractivity contribution is 5.86. The van der Waals surface area contributed by atoms with E-state index in [2.05, 4.69) is 24.0 Å². The summed E-state index contributed by atoms with van der Waals surface area (Å²) in [4.78, 5) is 3.54. The third kappa shape index (κ3) is 2.02. The summed E-state index contributed by atoms with van der Waals surface area (Å²) in [6, 6.07) is 6.17. The fraction of sp³-hybridized carbons (Fsp3) is 0.500. The van der Waals surface area contributed by atoms with Gasteiger partial charge in [-0.2, -0.15) is 0 Å². The van der Waals surface area contributed by atoms with Crippen molar-refractivity contribution in [1.82, 2.24) is 4.98 Å². The monoisotopic (exact) mass is 258 g/mol. The summed E-state index contributed by atoms with van der Waals surface area (Å²) in [6.07, 6.45) is 5.94. The first kappa shape index (κ1) is 12.5. The van der Waals surface area contributed by atoms with Gasteiger partial charge in [0.2, 0.25) is 0 Å². The number of H-pyrrole nitrogens is 1. The van der Waals surface area contributed by atoms with E-state index in [0.29, 0.717) is 0 Å². The Balaban J connectivity index is 2.11. The highest BCUT2D eigenvalue weighted by Gasteiger charge is 2.32. The van der Waals surface area contributed by atoms with Gasteiger partial charge in [-0.25, -0.2) is 0 Å². The van der Waals surface area contributed by atoms with Gasteiger partial charge >= 0.3 is 0 Å². The molecule has 1 aromatic heterocycles. The number of methoxy groups -OCH3 is 1. The van der Waals surface area contributed by atoms with Crippen molar-refractivity contribution in [2.75, 3.05) is 7.11 Å². The largest absolute Gasteiger partial charge is 0.497 e. The third-order valence-electron chi connectivity index (χ3n) is 4.51. The Labute approximate surface area is 114 Å². The molecular formula is C16H22N2O. The zero-order valence-electron chi connectivity index (χ0n) is 11.8. The minimum Gasteiger partial charge on any atom is -0.497 e. The van der Waals surface area contributed by atoms with Gasteiger partial charge in [0.1, 0.15) is 5.75 Å². The lowest BCUT2D eigenvalue weighted by atomic mass is 9.79. The summed E-state index contributed by atoms with van der Waals surface area (Å²) in [5.74, 6) is 0.899. The highest BCUT2D eigenvalue weighted by atomic mass is 16.5. The summed E-state index contributed by atoms with van der Waals surface area (Å²) in [5, 5.41) is 1.23. The van der Waals surface area contributed by atoms with Gasteiger partial charge in [-0.1, -0.05) is 19.3 Å². The molecule has 1 aliphatic rings. The molecule has 19 heavy (non-hydrogen) atoms. The Morgan fingerprint density at radius 1 is 1.21 bits per heavy atom. The number of aromatic nitrogens is 1. The van der Waals surface area contributed by atoms with Crippen molar-refractivity contribution in [3.63, 3.8) is 0 Å². The van der Waals surface area contributed by atoms with Crippen molar-refractivity contribution in [2.45, 2.75) is 44.6 Å². The van der Waals surface area contributed by atoms with Crippen LogP contribution >= 0.6 is 0 Å². The average Bonchev–Trinajstić information content (AvgIpc) is 2.77. The average molecular weight is 258 g/mol. The zero-order chi connectivity index (χ0) is 13.5. The predicted octanol–water partition coefficient (Wildman–Crippen LogP) is 3.60. The molecule has 3 N–H and O–H groups in total. The van der Waals surface area contributed by atoms with Gasteiger partial charge in [0.05, 0.1) is 12.6 Å². The van der Waals surface area contributed by atoms with Gasteiger partial charge in [-0.15, -0.1) is 0 Å². The molecule has 0 bridgehead atoms. The summed E-state index contributed by atoms with van der Waals surface area (Å²) < 4.78 is 5.31. The molecule has 0 radical (unpaired) electrons. The molecule has 1 aliphatic carbocycles. The summed E-state index contributed by atoms with van der Waals surface area (Å²) in [5.41, 5.74) is 10.1. The molecule has 102 valence electrons. The van der Waals surface area contributed by atoms with Crippen LogP contribution in [0.2, 0.25) is 0 Å². The number of nitrogens with one attached hydrogen (secondary N) is 1. The van der Waals surface area contributed by atoms with Crippen LogP contribution in [-0.2, 0) is 5.54 Å². The van der Waals surface area contributed by atoms with E-state index < -0.39 is 0 Å². The summed E-state index contributed by atoms with van der Waals surface area (Å²) >= 11 is 0. The standard InChI is InChI=1S/C16H22N2O/c1-11-13-10-12(19-2)6-7-14(13)18-15(11)16(17)8-4-3-5-9-16/h6-7,10,18H,3-5,8-9,17H2,1-2H3. The molecule has 0 atom stereocenters. The molecule has 3 nitrogen and oxygen atoms in total. The van der Waals surface area contributed by atoms with E-state index in [1.54, 1.807) is 7.11 Å². The molecular weight excluding hydrogens is 236 g/mol. The maximum absolute atomic E-state index is 6.65. The normalized spacial score (nSPS) is 18.7. The highest BCUT2D eigenvalue weighted by Crippen LogP contribution is 2.38. The summed E-state index contributed by atoms with van der Waals surface area (Å²) in [7, 11) is 1.70. The SMILES string of the molecule is COc1ccc2[nH]c(C3(N)CCCCC3)c(C)c2c1. The minimum absolute atomic E-state index is 0.172. The van der Waals surface area contributed by atoms with Crippen LogP contribution in [0.3, 0.4) is 0 Å². The second-order valence-electron chi connectivity index (χ2n) is 5.75. The number of ether oxygens (including phenoxy) is 1. The summed E-state index contributed by atoms with van der Waals surface area (Å²) in [6.45, 7) is 2.16. The lowest BCUT2D eigenvalue weighted by Crippen LogP contribution is -2.39. The lowest BCUT2D eigenvalue weighted by molar-refractivity contribution is 0.295. The number of hydrogen-bond donors (Lipinski definition) is 2. The fourth-order valence-electron chi connectivity index (χ4n) is 3.36. The maximum atomic E-state index is 6.65. The molecule has 1 fully saturated rings. The molecule has 2 aromatic rings. The van der Waals surface area contributed by atoms with Crippen LogP contribution in [-0.4, -0.2) is 12.1 Å². The second kappa shape index (κ2) is 4.57. The van der Waals surface area contributed by atoms with Crippen LogP contribution in [0.4, 0.5) is 0 Å². The molecule has 3 heteroatoms. The Bertz CT molecular complexity index is 594. The molecule has 0 saturated heterocycles. The van der Waals surface area contributed by atoms with Crippen molar-refractivity contribution >= 4 is 10.9 Å². The smallest absolute Gasteiger partial charge is 0.119 e. The first-order valence-corrected chi connectivity index (χ1v) is 7.10. The Morgan fingerprint density at radius 2 is 1.95 bits per heavy atom. The molecule has 3 rings (SSSR count). The van der Waals surface area contributed by atoms with Crippen LogP contribution in [0, 0.1) is 6.92 Å². The second-order valence-corrected chi connectivity index (χ2v) is 5.75. The maximum Gasteiger partial charge on any atom is 0.119 e. The van der Waals surface area contributed by atoms with Crippen LogP contribution in [0.5, 0.6) is 5.75 Å². The minimum atomic E-state index is -0.172. The number of nitrogens with two attached hydrogens (primary N) is 1. The predicted molar refractivity (Wildman–Crippen MR) is 78.5 cm³/mol. The van der Waals surface area contributed by atoms with E-state index in [-0.39, 0.29) is 5.54 Å². The third-order valence-corrected chi connectivity index (χ3v) is 4.51. The fourth-order valence-corrected chi connectivity index (χ4v) is 3.36. The van der Waals surface area contributed by atoms with Crippen LogP contribution in [0.15, 0.2) is 18.2 Å². The van der Waals surface area contributed by atoms with E-state index in [4.69, 9.17) is 10.5 Å². The Hall–Kier alpha value is -1.48. The van der Waals surface area contributed by atoms with Crippen LogP contribution in [0.1, 0.15) is 43.4 Å². The number of rotatable bonds is 2. The van der Waals surface area contributed by atoms with Crippen molar-refractivity contribution in [2.24, 2.45) is 5.73 Å². The van der Waals surface area contributed by atoms with Gasteiger partial charge in [0, 0.05) is 16.6 Å². The first-order chi connectivity index (χ1) is 9.14. The van der Waals surface area contributed by atoms with Gasteiger partial charge in [-0.3, -0.25) is 0 Å². The van der Waals surface area contributed by atoms with Crippen molar-refractivity contribution in [1.29, 1.82) is 0 Å². The number of aromatic amines is 1. The van der Waals surface area contributed by atoms with Crippen molar-refractivity contribution in [3.8, 4) is 5.75 Å². The first-order valence-electron chi connectivity index (χ1n) is 7.10.